The van der Waals surface area contributed by atoms with Gasteiger partial charge in [0.2, 0.25) is 0 Å². The SMILES string of the molecule is CC(C)COC(=O)NCCCCCCC(=O)O. The highest BCUT2D eigenvalue weighted by Crippen LogP contribution is 2.02. The molecule has 0 unspecified atom stereocenters. The van der Waals surface area contributed by atoms with Crippen LogP contribution in [0.15, 0.2) is 0 Å². The molecule has 0 saturated heterocycles. The summed E-state index contributed by atoms with van der Waals surface area (Å²) in [7, 11) is 0. The van der Waals surface area contributed by atoms with Crippen LogP contribution in [0.4, 0.5) is 4.79 Å². The van der Waals surface area contributed by atoms with E-state index in [1.54, 1.807) is 0 Å². The van der Waals surface area contributed by atoms with Gasteiger partial charge in [0.15, 0.2) is 0 Å². The summed E-state index contributed by atoms with van der Waals surface area (Å²) >= 11 is 0. The second-order valence-electron chi connectivity index (χ2n) is 4.48. The van der Waals surface area contributed by atoms with Gasteiger partial charge in [-0.05, 0) is 18.8 Å². The molecule has 0 aromatic carbocycles. The maximum atomic E-state index is 11.1. The van der Waals surface area contributed by atoms with Gasteiger partial charge < -0.3 is 15.2 Å². The van der Waals surface area contributed by atoms with E-state index in [4.69, 9.17) is 9.84 Å². The van der Waals surface area contributed by atoms with Gasteiger partial charge in [0.05, 0.1) is 6.61 Å². The number of rotatable bonds is 9. The van der Waals surface area contributed by atoms with Gasteiger partial charge in [-0.1, -0.05) is 26.7 Å². The summed E-state index contributed by atoms with van der Waals surface area (Å²) in [6.45, 7) is 4.99. The molecule has 0 aromatic rings. The fraction of sp³-hybridized carbons (Fsp3) is 0.833. The first-order chi connectivity index (χ1) is 8.02. The van der Waals surface area contributed by atoms with Gasteiger partial charge >= 0.3 is 12.1 Å². The molecule has 0 heterocycles. The number of carbonyl (C=O) groups is 2. The van der Waals surface area contributed by atoms with E-state index in [9.17, 15) is 9.59 Å². The van der Waals surface area contributed by atoms with Crippen molar-refractivity contribution < 1.29 is 19.4 Å². The van der Waals surface area contributed by atoms with Crippen LogP contribution in [0, 0.1) is 5.92 Å². The number of alkyl carbamates (subject to hydrolysis) is 1. The highest BCUT2D eigenvalue weighted by atomic mass is 16.5. The number of carboxylic acid groups (broad SMARTS) is 1. The van der Waals surface area contributed by atoms with Crippen molar-refractivity contribution in [2.75, 3.05) is 13.2 Å². The molecule has 0 spiro atoms. The van der Waals surface area contributed by atoms with Crippen molar-refractivity contribution >= 4 is 12.1 Å². The summed E-state index contributed by atoms with van der Waals surface area (Å²) in [6, 6.07) is 0. The van der Waals surface area contributed by atoms with E-state index in [0.717, 1.165) is 19.3 Å². The first-order valence-electron chi connectivity index (χ1n) is 6.14. The quantitative estimate of drug-likeness (QED) is 0.612. The molecule has 0 saturated carbocycles. The van der Waals surface area contributed by atoms with E-state index in [2.05, 4.69) is 5.32 Å². The van der Waals surface area contributed by atoms with E-state index in [0.29, 0.717) is 25.5 Å². The second-order valence-corrected chi connectivity index (χ2v) is 4.48. The largest absolute Gasteiger partial charge is 0.481 e. The molecule has 0 rings (SSSR count). The first kappa shape index (κ1) is 15.7. The normalized spacial score (nSPS) is 10.3. The molecule has 0 aliphatic heterocycles. The van der Waals surface area contributed by atoms with Crippen LogP contribution in [-0.4, -0.2) is 30.3 Å². The monoisotopic (exact) mass is 245 g/mol. The average Bonchev–Trinajstić information content (AvgIpc) is 2.24. The van der Waals surface area contributed by atoms with Crippen LogP contribution in [0.2, 0.25) is 0 Å². The minimum absolute atomic E-state index is 0.226. The highest BCUT2D eigenvalue weighted by molar-refractivity contribution is 5.67. The van der Waals surface area contributed by atoms with Crippen molar-refractivity contribution in [3.8, 4) is 0 Å². The van der Waals surface area contributed by atoms with E-state index in [1.807, 2.05) is 13.8 Å². The molecule has 1 amide bonds. The van der Waals surface area contributed by atoms with Crippen molar-refractivity contribution in [3.05, 3.63) is 0 Å². The lowest BCUT2D eigenvalue weighted by Crippen LogP contribution is -2.26. The maximum Gasteiger partial charge on any atom is 0.407 e. The summed E-state index contributed by atoms with van der Waals surface area (Å²) < 4.78 is 4.93. The fourth-order valence-corrected chi connectivity index (χ4v) is 1.24. The Morgan fingerprint density at radius 3 is 2.41 bits per heavy atom. The molecule has 5 heteroatoms. The number of hydrogen-bond donors (Lipinski definition) is 2. The lowest BCUT2D eigenvalue weighted by Gasteiger charge is -2.08. The number of carbonyl (C=O) groups excluding carboxylic acids is 1. The Labute approximate surface area is 103 Å². The minimum atomic E-state index is -0.750. The van der Waals surface area contributed by atoms with Gasteiger partial charge in [-0.15, -0.1) is 0 Å². The summed E-state index contributed by atoms with van der Waals surface area (Å²) in [5.41, 5.74) is 0. The van der Waals surface area contributed by atoms with Crippen LogP contribution in [0.25, 0.3) is 0 Å². The topological polar surface area (TPSA) is 75.6 Å². The van der Waals surface area contributed by atoms with Crippen LogP contribution in [0.3, 0.4) is 0 Å². The predicted octanol–water partition coefficient (Wildman–Crippen LogP) is 2.40. The zero-order valence-corrected chi connectivity index (χ0v) is 10.7. The Balaban J connectivity index is 3.22. The average molecular weight is 245 g/mol. The van der Waals surface area contributed by atoms with E-state index in [-0.39, 0.29) is 12.5 Å². The smallest absolute Gasteiger partial charge is 0.407 e. The van der Waals surface area contributed by atoms with Crippen molar-refractivity contribution in [3.63, 3.8) is 0 Å². The molecule has 0 radical (unpaired) electrons. The summed E-state index contributed by atoms with van der Waals surface area (Å²) in [5.74, 6) is -0.405. The first-order valence-corrected chi connectivity index (χ1v) is 6.14. The molecule has 17 heavy (non-hydrogen) atoms. The Morgan fingerprint density at radius 1 is 1.18 bits per heavy atom. The summed E-state index contributed by atoms with van der Waals surface area (Å²) in [6.07, 6.45) is 3.23. The maximum absolute atomic E-state index is 11.1. The van der Waals surface area contributed by atoms with Crippen molar-refractivity contribution in [2.45, 2.75) is 46.0 Å². The van der Waals surface area contributed by atoms with Crippen LogP contribution in [-0.2, 0) is 9.53 Å². The lowest BCUT2D eigenvalue weighted by molar-refractivity contribution is -0.137. The van der Waals surface area contributed by atoms with E-state index < -0.39 is 5.97 Å². The number of aliphatic carboxylic acids is 1. The molecule has 5 nitrogen and oxygen atoms in total. The van der Waals surface area contributed by atoms with Crippen LogP contribution < -0.4 is 5.32 Å². The third-order valence-electron chi connectivity index (χ3n) is 2.13. The molecule has 2 N–H and O–H groups in total. The van der Waals surface area contributed by atoms with Crippen LogP contribution >= 0.6 is 0 Å². The minimum Gasteiger partial charge on any atom is -0.481 e. The van der Waals surface area contributed by atoms with Gasteiger partial charge in [0, 0.05) is 13.0 Å². The molecule has 100 valence electrons. The number of carboxylic acids is 1. The van der Waals surface area contributed by atoms with Gasteiger partial charge in [-0.2, -0.15) is 0 Å². The lowest BCUT2D eigenvalue weighted by atomic mass is 10.1. The molecule has 0 bridgehead atoms. The Morgan fingerprint density at radius 2 is 1.82 bits per heavy atom. The Kier molecular flexibility index (Phi) is 9.19. The number of unbranched alkanes of at least 4 members (excludes halogenated alkanes) is 3. The molecule has 0 fully saturated rings. The highest BCUT2D eigenvalue weighted by Gasteiger charge is 2.02. The molecular formula is C12H23NO4. The third-order valence-corrected chi connectivity index (χ3v) is 2.13. The number of ether oxygens (including phenoxy) is 1. The summed E-state index contributed by atoms with van der Waals surface area (Å²) in [5, 5.41) is 11.1. The van der Waals surface area contributed by atoms with Gasteiger partial charge in [0.25, 0.3) is 0 Å². The Bertz CT molecular complexity index is 229. The predicted molar refractivity (Wildman–Crippen MR) is 64.9 cm³/mol. The third kappa shape index (κ3) is 12.7. The molecule has 0 aliphatic carbocycles. The summed E-state index contributed by atoms with van der Waals surface area (Å²) in [4.78, 5) is 21.3. The van der Waals surface area contributed by atoms with Crippen LogP contribution in [0.1, 0.15) is 46.0 Å². The fourth-order valence-electron chi connectivity index (χ4n) is 1.24. The van der Waals surface area contributed by atoms with Gasteiger partial charge in [-0.25, -0.2) is 4.79 Å². The van der Waals surface area contributed by atoms with Crippen LogP contribution in [0.5, 0.6) is 0 Å². The Hall–Kier alpha value is -1.26. The molecule has 0 aromatic heterocycles. The van der Waals surface area contributed by atoms with E-state index >= 15 is 0 Å². The molecule has 0 atom stereocenters. The number of amides is 1. The number of hydrogen-bond acceptors (Lipinski definition) is 3. The van der Waals surface area contributed by atoms with Crippen molar-refractivity contribution in [1.29, 1.82) is 0 Å². The van der Waals surface area contributed by atoms with Crippen molar-refractivity contribution in [2.24, 2.45) is 5.92 Å². The zero-order chi connectivity index (χ0) is 13.1. The second kappa shape index (κ2) is 9.93. The van der Waals surface area contributed by atoms with Gasteiger partial charge in [-0.3, -0.25) is 4.79 Å². The number of nitrogens with one attached hydrogen (secondary N) is 1. The standard InChI is InChI=1S/C12H23NO4/c1-10(2)9-17-12(16)13-8-6-4-3-5-7-11(14)15/h10H,3-9H2,1-2H3,(H,13,16)(H,14,15). The van der Waals surface area contributed by atoms with E-state index in [1.165, 1.54) is 0 Å². The molecule has 0 aliphatic rings. The van der Waals surface area contributed by atoms with Gasteiger partial charge in [0.1, 0.15) is 0 Å². The van der Waals surface area contributed by atoms with Crippen molar-refractivity contribution in [1.82, 2.24) is 5.32 Å². The zero-order valence-electron chi connectivity index (χ0n) is 10.7. The molecular weight excluding hydrogens is 222 g/mol.